The zero-order valence-electron chi connectivity index (χ0n) is 14.4. The largest absolute Gasteiger partial charge is 0.357 e. The highest BCUT2D eigenvalue weighted by Gasteiger charge is 2.39. The van der Waals surface area contributed by atoms with Crippen molar-refractivity contribution in [3.05, 3.63) is 18.3 Å². The third-order valence-corrected chi connectivity index (χ3v) is 5.89. The lowest BCUT2D eigenvalue weighted by Gasteiger charge is -2.22. The molecule has 4 rings (SSSR count). The fourth-order valence-electron chi connectivity index (χ4n) is 4.59. The van der Waals surface area contributed by atoms with Crippen LogP contribution in [0.1, 0.15) is 51.4 Å². The van der Waals surface area contributed by atoms with Gasteiger partial charge in [0.1, 0.15) is 5.82 Å². The molecule has 1 aromatic rings. The molecule has 5 nitrogen and oxygen atoms in total. The van der Waals surface area contributed by atoms with Crippen LogP contribution in [0.5, 0.6) is 0 Å². The summed E-state index contributed by atoms with van der Waals surface area (Å²) in [6, 6.07) is 5.32. The van der Waals surface area contributed by atoms with Crippen LogP contribution in [-0.4, -0.2) is 47.5 Å². The van der Waals surface area contributed by atoms with Crippen LogP contribution < -0.4 is 10.2 Å². The van der Waals surface area contributed by atoms with E-state index in [4.69, 9.17) is 0 Å². The van der Waals surface area contributed by atoms with E-state index in [1.54, 1.807) is 6.20 Å². The summed E-state index contributed by atoms with van der Waals surface area (Å²) in [7, 11) is 0. The summed E-state index contributed by atoms with van der Waals surface area (Å²) in [6.45, 7) is 2.72. The molecule has 1 aromatic heterocycles. The van der Waals surface area contributed by atoms with Crippen molar-refractivity contribution in [1.82, 2.24) is 9.88 Å². The maximum Gasteiger partial charge on any atom is 0.238 e. The van der Waals surface area contributed by atoms with Crippen molar-refractivity contribution in [2.75, 3.05) is 29.9 Å². The Bertz CT molecular complexity index is 545. The highest BCUT2D eigenvalue weighted by Crippen LogP contribution is 2.36. The second-order valence-electron chi connectivity index (χ2n) is 7.49. The minimum absolute atomic E-state index is 0.0955. The van der Waals surface area contributed by atoms with Crippen molar-refractivity contribution < 1.29 is 4.79 Å². The average Bonchev–Trinajstić information content (AvgIpc) is 3.03. The minimum Gasteiger partial charge on any atom is -0.357 e. The summed E-state index contributed by atoms with van der Waals surface area (Å²) in [5.41, 5.74) is 0.810. The van der Waals surface area contributed by atoms with Gasteiger partial charge >= 0.3 is 0 Å². The molecule has 0 radical (unpaired) electrons. The number of nitrogens with one attached hydrogen (secondary N) is 1. The van der Waals surface area contributed by atoms with Crippen molar-refractivity contribution in [2.24, 2.45) is 0 Å². The number of amides is 1. The first-order valence-electron chi connectivity index (χ1n) is 9.56. The van der Waals surface area contributed by atoms with Gasteiger partial charge in [-0.25, -0.2) is 4.98 Å². The van der Waals surface area contributed by atoms with Gasteiger partial charge in [0.2, 0.25) is 5.91 Å². The Morgan fingerprint density at radius 2 is 1.71 bits per heavy atom. The maximum absolute atomic E-state index is 12.3. The van der Waals surface area contributed by atoms with Gasteiger partial charge in [-0.3, -0.25) is 9.69 Å². The van der Waals surface area contributed by atoms with E-state index in [0.717, 1.165) is 24.6 Å². The van der Waals surface area contributed by atoms with E-state index in [-0.39, 0.29) is 5.91 Å². The summed E-state index contributed by atoms with van der Waals surface area (Å²) in [5, 5.41) is 3.02. The quantitative estimate of drug-likeness (QED) is 0.923. The normalized spacial score (nSPS) is 27.2. The molecule has 3 saturated heterocycles. The smallest absolute Gasteiger partial charge is 0.238 e. The molecule has 0 atom stereocenters. The molecule has 3 aliphatic rings. The first kappa shape index (κ1) is 15.9. The predicted molar refractivity (Wildman–Crippen MR) is 96.3 cm³/mol. The van der Waals surface area contributed by atoms with E-state index in [9.17, 15) is 4.79 Å². The maximum atomic E-state index is 12.3. The van der Waals surface area contributed by atoms with Crippen LogP contribution in [0.15, 0.2) is 18.3 Å². The van der Waals surface area contributed by atoms with Gasteiger partial charge < -0.3 is 10.2 Å². The number of pyridine rings is 1. The number of hydrogen-bond donors (Lipinski definition) is 1. The van der Waals surface area contributed by atoms with Gasteiger partial charge in [-0.1, -0.05) is 12.8 Å². The molecule has 3 fully saturated rings. The van der Waals surface area contributed by atoms with Gasteiger partial charge in [-0.15, -0.1) is 0 Å². The van der Waals surface area contributed by atoms with Gasteiger partial charge in [-0.2, -0.15) is 0 Å². The van der Waals surface area contributed by atoms with Crippen LogP contribution in [0.3, 0.4) is 0 Å². The molecule has 4 heterocycles. The van der Waals surface area contributed by atoms with E-state index in [1.165, 1.54) is 51.4 Å². The Kier molecular flexibility index (Phi) is 4.69. The average molecular weight is 328 g/mol. The number of anilines is 2. The molecule has 1 N–H and O–H groups in total. The third-order valence-electron chi connectivity index (χ3n) is 5.89. The number of carbonyl (C=O) groups is 1. The molecule has 0 aliphatic carbocycles. The molecule has 24 heavy (non-hydrogen) atoms. The molecule has 3 aliphatic heterocycles. The highest BCUT2D eigenvalue weighted by molar-refractivity contribution is 5.92. The Balaban J connectivity index is 1.32. The van der Waals surface area contributed by atoms with Crippen molar-refractivity contribution in [3.63, 3.8) is 0 Å². The zero-order chi connectivity index (χ0) is 16.4. The molecule has 0 saturated carbocycles. The highest BCUT2D eigenvalue weighted by atomic mass is 16.2. The van der Waals surface area contributed by atoms with E-state index in [0.29, 0.717) is 18.6 Å². The van der Waals surface area contributed by atoms with Crippen LogP contribution in [0, 0.1) is 0 Å². The number of carbonyl (C=O) groups excluding carboxylic acids is 1. The van der Waals surface area contributed by atoms with Gasteiger partial charge in [0.05, 0.1) is 18.4 Å². The Hall–Kier alpha value is -1.62. The van der Waals surface area contributed by atoms with Gasteiger partial charge in [0, 0.05) is 25.2 Å². The Morgan fingerprint density at radius 1 is 1.04 bits per heavy atom. The number of aromatic nitrogens is 1. The van der Waals surface area contributed by atoms with Gasteiger partial charge in [0.25, 0.3) is 0 Å². The molecule has 130 valence electrons. The minimum atomic E-state index is 0.0955. The van der Waals surface area contributed by atoms with E-state index >= 15 is 0 Å². The van der Waals surface area contributed by atoms with Crippen molar-refractivity contribution in [2.45, 2.75) is 63.5 Å². The van der Waals surface area contributed by atoms with E-state index in [1.807, 2.05) is 12.1 Å². The second-order valence-corrected chi connectivity index (χ2v) is 7.49. The molecule has 2 bridgehead atoms. The number of hydrogen-bond acceptors (Lipinski definition) is 4. The lowest BCUT2D eigenvalue weighted by atomic mass is 10.0. The Labute approximate surface area is 144 Å². The standard InChI is InChI=1S/C19H28N4O/c24-19(14-23-16-6-7-17(23)9-8-16)21-15-5-10-18(20-13-15)22-11-3-1-2-4-12-22/h5,10,13,16-17H,1-4,6-9,11-12,14H2,(H,21,24). The van der Waals surface area contributed by atoms with E-state index in [2.05, 4.69) is 20.1 Å². The van der Waals surface area contributed by atoms with Crippen molar-refractivity contribution in [3.8, 4) is 0 Å². The van der Waals surface area contributed by atoms with Crippen molar-refractivity contribution in [1.29, 1.82) is 0 Å². The monoisotopic (exact) mass is 328 g/mol. The Morgan fingerprint density at radius 3 is 2.29 bits per heavy atom. The summed E-state index contributed by atoms with van der Waals surface area (Å²) in [4.78, 5) is 21.7. The fourth-order valence-corrected chi connectivity index (χ4v) is 4.59. The zero-order valence-corrected chi connectivity index (χ0v) is 14.4. The number of nitrogens with zero attached hydrogens (tertiary/aromatic N) is 3. The molecule has 0 aromatic carbocycles. The van der Waals surface area contributed by atoms with Crippen LogP contribution in [0.2, 0.25) is 0 Å². The molecule has 0 unspecified atom stereocenters. The molecule has 0 spiro atoms. The third kappa shape index (κ3) is 3.41. The van der Waals surface area contributed by atoms with Crippen LogP contribution in [0.25, 0.3) is 0 Å². The number of fused-ring (bicyclic) bond motifs is 2. The summed E-state index contributed by atoms with van der Waals surface area (Å²) >= 11 is 0. The topological polar surface area (TPSA) is 48.5 Å². The SMILES string of the molecule is O=C(CN1C2CCC1CC2)Nc1ccc(N2CCCCCC2)nc1. The van der Waals surface area contributed by atoms with Gasteiger partial charge in [0.15, 0.2) is 0 Å². The van der Waals surface area contributed by atoms with Crippen LogP contribution >= 0.6 is 0 Å². The first-order valence-corrected chi connectivity index (χ1v) is 9.56. The van der Waals surface area contributed by atoms with Crippen molar-refractivity contribution >= 4 is 17.4 Å². The molecular formula is C19H28N4O. The summed E-state index contributed by atoms with van der Waals surface area (Å²) in [6.07, 6.45) is 12.0. The van der Waals surface area contributed by atoms with E-state index < -0.39 is 0 Å². The van der Waals surface area contributed by atoms with Crippen LogP contribution in [0.4, 0.5) is 11.5 Å². The van der Waals surface area contributed by atoms with Crippen LogP contribution in [-0.2, 0) is 4.79 Å². The summed E-state index contributed by atoms with van der Waals surface area (Å²) in [5.74, 6) is 1.13. The fraction of sp³-hybridized carbons (Fsp3) is 0.684. The van der Waals surface area contributed by atoms with Gasteiger partial charge in [-0.05, 0) is 50.7 Å². The number of rotatable bonds is 4. The lowest BCUT2D eigenvalue weighted by Crippen LogP contribution is -2.36. The second kappa shape index (κ2) is 7.09. The predicted octanol–water partition coefficient (Wildman–Crippen LogP) is 3.03. The summed E-state index contributed by atoms with van der Waals surface area (Å²) < 4.78 is 0. The first-order chi connectivity index (χ1) is 11.8. The molecule has 5 heteroatoms. The molecular weight excluding hydrogens is 300 g/mol. The molecule has 1 amide bonds. The lowest BCUT2D eigenvalue weighted by molar-refractivity contribution is -0.117.